The first-order valence-corrected chi connectivity index (χ1v) is 5.99. The van der Waals surface area contributed by atoms with Crippen LogP contribution in [0.5, 0.6) is 0 Å². The summed E-state index contributed by atoms with van der Waals surface area (Å²) in [5, 5.41) is 11.7. The number of nitrogens with zero attached hydrogens (tertiary/aromatic N) is 1. The predicted molar refractivity (Wildman–Crippen MR) is 70.3 cm³/mol. The summed E-state index contributed by atoms with van der Waals surface area (Å²) in [7, 11) is 0. The van der Waals surface area contributed by atoms with Crippen molar-refractivity contribution in [3.05, 3.63) is 47.0 Å². The molecule has 3 nitrogen and oxygen atoms in total. The molecule has 1 aromatic rings. The lowest BCUT2D eigenvalue weighted by Gasteiger charge is -2.09. The molecule has 88 valence electrons. The van der Waals surface area contributed by atoms with Gasteiger partial charge in [-0.25, -0.2) is 0 Å². The highest BCUT2D eigenvalue weighted by Gasteiger charge is 2.15. The predicted octanol–water partition coefficient (Wildman–Crippen LogP) is 2.75. The Balaban J connectivity index is 2.70. The number of hydrogen-bond donors (Lipinski definition) is 1. The summed E-state index contributed by atoms with van der Waals surface area (Å²) in [5.74, 6) is -0.561. The Bertz CT molecular complexity index is 451. The second kappa shape index (κ2) is 6.87. The van der Waals surface area contributed by atoms with Gasteiger partial charge in [0.05, 0.1) is 12.0 Å². The number of carbonyl (C=O) groups is 1. The molecule has 0 heterocycles. The molecule has 4 heteroatoms. The maximum absolute atomic E-state index is 11.5. The molecule has 0 aliphatic rings. The largest absolute Gasteiger partial charge is 0.353 e. The standard InChI is InChI=1S/C13H13BrN2O/c1-2-6-16-13(17)8-11(9-15)10-4-3-5-12(14)7-10/h2-5,7,11H,1,6,8H2,(H,16,17). The molecule has 1 aromatic carbocycles. The monoisotopic (exact) mass is 292 g/mol. The quantitative estimate of drug-likeness (QED) is 0.849. The van der Waals surface area contributed by atoms with Crippen molar-refractivity contribution in [2.45, 2.75) is 12.3 Å². The summed E-state index contributed by atoms with van der Waals surface area (Å²) >= 11 is 3.34. The maximum atomic E-state index is 11.5. The highest BCUT2D eigenvalue weighted by Crippen LogP contribution is 2.22. The molecule has 0 saturated carbocycles. The van der Waals surface area contributed by atoms with Crippen LogP contribution in [0.15, 0.2) is 41.4 Å². The first-order chi connectivity index (χ1) is 8.17. The van der Waals surface area contributed by atoms with Crippen LogP contribution in [0.25, 0.3) is 0 Å². The van der Waals surface area contributed by atoms with Crippen molar-refractivity contribution >= 4 is 21.8 Å². The number of benzene rings is 1. The van der Waals surface area contributed by atoms with E-state index in [1.807, 2.05) is 24.3 Å². The van der Waals surface area contributed by atoms with Crippen LogP contribution in [0.2, 0.25) is 0 Å². The molecular formula is C13H13BrN2O. The lowest BCUT2D eigenvalue weighted by Crippen LogP contribution is -2.24. The van der Waals surface area contributed by atoms with Crippen LogP contribution in [0.1, 0.15) is 17.9 Å². The lowest BCUT2D eigenvalue weighted by molar-refractivity contribution is -0.121. The topological polar surface area (TPSA) is 52.9 Å². The van der Waals surface area contributed by atoms with Gasteiger partial charge in [-0.3, -0.25) is 4.79 Å². The van der Waals surface area contributed by atoms with Crippen LogP contribution in [0.3, 0.4) is 0 Å². The second-order valence-corrected chi connectivity index (χ2v) is 4.45. The molecule has 0 aliphatic carbocycles. The van der Waals surface area contributed by atoms with E-state index in [-0.39, 0.29) is 12.3 Å². The number of carbonyl (C=O) groups excluding carboxylic acids is 1. The summed E-state index contributed by atoms with van der Waals surface area (Å²) < 4.78 is 0.904. The van der Waals surface area contributed by atoms with E-state index in [1.165, 1.54) is 0 Å². The zero-order chi connectivity index (χ0) is 12.7. The van der Waals surface area contributed by atoms with Crippen LogP contribution in [0.4, 0.5) is 0 Å². The Morgan fingerprint density at radius 2 is 2.41 bits per heavy atom. The van der Waals surface area contributed by atoms with E-state index < -0.39 is 5.92 Å². The maximum Gasteiger partial charge on any atom is 0.221 e. The molecule has 1 atom stereocenters. The van der Waals surface area contributed by atoms with Gasteiger partial charge in [-0.05, 0) is 17.7 Å². The smallest absolute Gasteiger partial charge is 0.221 e. The molecule has 0 aliphatic heterocycles. The van der Waals surface area contributed by atoms with Gasteiger partial charge in [0.2, 0.25) is 5.91 Å². The molecule has 0 saturated heterocycles. The van der Waals surface area contributed by atoms with Gasteiger partial charge in [0.1, 0.15) is 0 Å². The molecule has 0 aromatic heterocycles. The number of halogens is 1. The molecular weight excluding hydrogens is 280 g/mol. The van der Waals surface area contributed by atoms with Gasteiger partial charge in [0.15, 0.2) is 0 Å². The zero-order valence-electron chi connectivity index (χ0n) is 9.32. The molecule has 17 heavy (non-hydrogen) atoms. The van der Waals surface area contributed by atoms with Gasteiger partial charge in [-0.2, -0.15) is 5.26 Å². The fourth-order valence-electron chi connectivity index (χ4n) is 1.40. The molecule has 1 rings (SSSR count). The van der Waals surface area contributed by atoms with Crippen LogP contribution in [-0.2, 0) is 4.79 Å². The van der Waals surface area contributed by atoms with Gasteiger partial charge < -0.3 is 5.32 Å². The van der Waals surface area contributed by atoms with Gasteiger partial charge in [-0.1, -0.05) is 34.1 Å². The highest BCUT2D eigenvalue weighted by molar-refractivity contribution is 9.10. The second-order valence-electron chi connectivity index (χ2n) is 3.53. The van der Waals surface area contributed by atoms with E-state index in [9.17, 15) is 4.79 Å². The average Bonchev–Trinajstić information content (AvgIpc) is 2.33. The highest BCUT2D eigenvalue weighted by atomic mass is 79.9. The van der Waals surface area contributed by atoms with E-state index in [1.54, 1.807) is 6.08 Å². The number of nitriles is 1. The van der Waals surface area contributed by atoms with Crippen molar-refractivity contribution in [2.24, 2.45) is 0 Å². The molecule has 0 radical (unpaired) electrons. The van der Waals surface area contributed by atoms with E-state index in [4.69, 9.17) is 5.26 Å². The van der Waals surface area contributed by atoms with Gasteiger partial charge in [-0.15, -0.1) is 6.58 Å². The van der Waals surface area contributed by atoms with Crippen molar-refractivity contribution in [3.8, 4) is 6.07 Å². The SMILES string of the molecule is C=CCNC(=O)CC(C#N)c1cccc(Br)c1. The summed E-state index contributed by atoms with van der Waals surface area (Å²) in [6, 6.07) is 9.59. The minimum atomic E-state index is -0.419. The Labute approximate surface area is 109 Å². The Morgan fingerprint density at radius 3 is 3.00 bits per heavy atom. The average molecular weight is 293 g/mol. The third kappa shape index (κ3) is 4.41. The van der Waals surface area contributed by atoms with Crippen LogP contribution in [-0.4, -0.2) is 12.5 Å². The summed E-state index contributed by atoms with van der Waals surface area (Å²) in [5.41, 5.74) is 0.843. The van der Waals surface area contributed by atoms with Crippen molar-refractivity contribution in [1.82, 2.24) is 5.32 Å². The van der Waals surface area contributed by atoms with E-state index >= 15 is 0 Å². The fraction of sp³-hybridized carbons (Fsp3) is 0.231. The minimum Gasteiger partial charge on any atom is -0.353 e. The van der Waals surface area contributed by atoms with Gasteiger partial charge in [0, 0.05) is 17.4 Å². The van der Waals surface area contributed by atoms with Gasteiger partial charge >= 0.3 is 0 Å². The molecule has 0 spiro atoms. The van der Waals surface area contributed by atoms with Crippen molar-refractivity contribution in [3.63, 3.8) is 0 Å². The number of nitrogens with one attached hydrogen (secondary N) is 1. The first-order valence-electron chi connectivity index (χ1n) is 5.20. The normalized spacial score (nSPS) is 11.3. The molecule has 1 unspecified atom stereocenters. The van der Waals surface area contributed by atoms with Crippen molar-refractivity contribution < 1.29 is 4.79 Å². The lowest BCUT2D eigenvalue weighted by atomic mass is 9.97. The fourth-order valence-corrected chi connectivity index (χ4v) is 1.82. The third-order valence-electron chi connectivity index (χ3n) is 2.24. The van der Waals surface area contributed by atoms with E-state index in [0.717, 1.165) is 10.0 Å². The molecule has 0 fully saturated rings. The summed E-state index contributed by atoms with van der Waals surface area (Å²) in [6.45, 7) is 3.94. The Morgan fingerprint density at radius 1 is 1.65 bits per heavy atom. The Kier molecular flexibility index (Phi) is 5.44. The van der Waals surface area contributed by atoms with Crippen molar-refractivity contribution in [1.29, 1.82) is 5.26 Å². The van der Waals surface area contributed by atoms with Crippen molar-refractivity contribution in [2.75, 3.05) is 6.54 Å². The molecule has 1 N–H and O–H groups in total. The summed E-state index contributed by atoms with van der Waals surface area (Å²) in [6.07, 6.45) is 1.78. The van der Waals surface area contributed by atoms with E-state index in [2.05, 4.69) is 33.9 Å². The third-order valence-corrected chi connectivity index (χ3v) is 2.73. The summed E-state index contributed by atoms with van der Waals surface area (Å²) in [4.78, 5) is 11.5. The number of hydrogen-bond acceptors (Lipinski definition) is 2. The van der Waals surface area contributed by atoms with Crippen LogP contribution >= 0.6 is 15.9 Å². The van der Waals surface area contributed by atoms with Gasteiger partial charge in [0.25, 0.3) is 0 Å². The Hall–Kier alpha value is -1.60. The first kappa shape index (κ1) is 13.5. The van der Waals surface area contributed by atoms with E-state index in [0.29, 0.717) is 6.54 Å². The molecule has 1 amide bonds. The minimum absolute atomic E-state index is 0.142. The molecule has 0 bridgehead atoms. The number of amides is 1. The van der Waals surface area contributed by atoms with Crippen LogP contribution < -0.4 is 5.32 Å². The zero-order valence-corrected chi connectivity index (χ0v) is 10.9. The van der Waals surface area contributed by atoms with Crippen LogP contribution in [0, 0.1) is 11.3 Å². The number of rotatable bonds is 5.